The van der Waals surface area contributed by atoms with Gasteiger partial charge in [-0.05, 0) is 67.1 Å². The number of carboxylic acids is 1. The van der Waals surface area contributed by atoms with E-state index in [1.165, 1.54) is 29.7 Å². The van der Waals surface area contributed by atoms with E-state index in [-0.39, 0.29) is 11.3 Å². The van der Waals surface area contributed by atoms with Crippen molar-refractivity contribution in [2.24, 2.45) is 0 Å². The van der Waals surface area contributed by atoms with E-state index < -0.39 is 11.8 Å². The van der Waals surface area contributed by atoms with Gasteiger partial charge in [-0.3, -0.25) is 0 Å². The van der Waals surface area contributed by atoms with Crippen LogP contribution in [0.3, 0.4) is 0 Å². The van der Waals surface area contributed by atoms with Crippen LogP contribution in [0.25, 0.3) is 0 Å². The van der Waals surface area contributed by atoms with Gasteiger partial charge in [0.2, 0.25) is 0 Å². The Hall–Kier alpha value is -2.36. The van der Waals surface area contributed by atoms with Crippen LogP contribution in [0.5, 0.6) is 11.5 Å². The Balaban J connectivity index is 1.92. The molecule has 4 heteroatoms. The van der Waals surface area contributed by atoms with E-state index in [0.29, 0.717) is 5.75 Å². The quantitative estimate of drug-likeness (QED) is 0.920. The van der Waals surface area contributed by atoms with Crippen LogP contribution in [0.4, 0.5) is 4.39 Å². The first-order chi connectivity index (χ1) is 10.1. The SMILES string of the molecule is O=C(O)c1cc(F)ccc1Oc1ccc2c(c1)CCCC2. The summed E-state index contributed by atoms with van der Waals surface area (Å²) in [6.07, 6.45) is 4.45. The minimum Gasteiger partial charge on any atom is -0.478 e. The standard InChI is InChI=1S/C17H15FO3/c18-13-6-8-16(15(10-13)17(19)20)21-14-7-5-11-3-1-2-4-12(11)9-14/h5-10H,1-4H2,(H,19,20). The van der Waals surface area contributed by atoms with Crippen LogP contribution < -0.4 is 4.74 Å². The maximum atomic E-state index is 13.2. The normalized spacial score (nSPS) is 13.6. The number of carbonyl (C=O) groups is 1. The molecule has 3 nitrogen and oxygen atoms in total. The Morgan fingerprint density at radius 1 is 1.05 bits per heavy atom. The van der Waals surface area contributed by atoms with E-state index in [9.17, 15) is 9.18 Å². The Labute approximate surface area is 122 Å². The Morgan fingerprint density at radius 3 is 2.57 bits per heavy atom. The first-order valence-corrected chi connectivity index (χ1v) is 6.96. The van der Waals surface area contributed by atoms with E-state index in [2.05, 4.69) is 0 Å². The number of fused-ring (bicyclic) bond motifs is 1. The maximum Gasteiger partial charge on any atom is 0.339 e. The van der Waals surface area contributed by atoms with Crippen LogP contribution in [-0.4, -0.2) is 11.1 Å². The van der Waals surface area contributed by atoms with Gasteiger partial charge in [0.05, 0.1) is 0 Å². The summed E-state index contributed by atoms with van der Waals surface area (Å²) in [4.78, 5) is 11.2. The molecule has 0 atom stereocenters. The van der Waals surface area contributed by atoms with Crippen molar-refractivity contribution in [3.8, 4) is 11.5 Å². The number of ether oxygens (including phenoxy) is 1. The first-order valence-electron chi connectivity index (χ1n) is 6.96. The lowest BCUT2D eigenvalue weighted by molar-refractivity contribution is 0.0693. The largest absolute Gasteiger partial charge is 0.478 e. The lowest BCUT2D eigenvalue weighted by Crippen LogP contribution is -2.03. The topological polar surface area (TPSA) is 46.5 Å². The first kappa shape index (κ1) is 13.6. The highest BCUT2D eigenvalue weighted by atomic mass is 19.1. The van der Waals surface area contributed by atoms with Gasteiger partial charge in [0.25, 0.3) is 0 Å². The molecule has 3 rings (SSSR count). The summed E-state index contributed by atoms with van der Waals surface area (Å²) in [5, 5.41) is 9.11. The molecule has 0 radical (unpaired) electrons. The molecule has 1 N–H and O–H groups in total. The number of hydrogen-bond acceptors (Lipinski definition) is 2. The number of aryl methyl sites for hydroxylation is 2. The average molecular weight is 286 g/mol. The van der Waals surface area contributed by atoms with Crippen molar-refractivity contribution in [1.29, 1.82) is 0 Å². The second kappa shape index (κ2) is 5.56. The van der Waals surface area contributed by atoms with E-state index in [1.54, 1.807) is 0 Å². The molecule has 0 heterocycles. The molecule has 0 unspecified atom stereocenters. The molecule has 108 valence electrons. The Kier molecular flexibility index (Phi) is 3.60. The van der Waals surface area contributed by atoms with Crippen LogP contribution >= 0.6 is 0 Å². The lowest BCUT2D eigenvalue weighted by Gasteiger charge is -2.17. The van der Waals surface area contributed by atoms with E-state index in [0.717, 1.165) is 25.3 Å². The molecule has 1 aliphatic rings. The second-order valence-electron chi connectivity index (χ2n) is 5.19. The number of carboxylic acid groups (broad SMARTS) is 1. The molecule has 1 aliphatic carbocycles. The molecule has 0 saturated heterocycles. The monoisotopic (exact) mass is 286 g/mol. The molecular formula is C17H15FO3. The molecule has 0 saturated carbocycles. The molecule has 0 spiro atoms. The zero-order chi connectivity index (χ0) is 14.8. The van der Waals surface area contributed by atoms with Gasteiger partial charge in [0.15, 0.2) is 0 Å². The molecular weight excluding hydrogens is 271 g/mol. The molecule has 0 aliphatic heterocycles. The van der Waals surface area contributed by atoms with Gasteiger partial charge < -0.3 is 9.84 Å². The maximum absolute atomic E-state index is 13.2. The smallest absolute Gasteiger partial charge is 0.339 e. The molecule has 2 aromatic rings. The zero-order valence-corrected chi connectivity index (χ0v) is 11.4. The third kappa shape index (κ3) is 2.89. The van der Waals surface area contributed by atoms with Crippen molar-refractivity contribution < 1.29 is 19.0 Å². The molecule has 0 aromatic heterocycles. The van der Waals surface area contributed by atoms with E-state index in [1.807, 2.05) is 18.2 Å². The van der Waals surface area contributed by atoms with E-state index in [4.69, 9.17) is 9.84 Å². The fraction of sp³-hybridized carbons (Fsp3) is 0.235. The van der Waals surface area contributed by atoms with Crippen LogP contribution in [0, 0.1) is 5.82 Å². The van der Waals surface area contributed by atoms with Crippen molar-refractivity contribution >= 4 is 5.97 Å². The van der Waals surface area contributed by atoms with Crippen LogP contribution in [0.15, 0.2) is 36.4 Å². The van der Waals surface area contributed by atoms with Crippen molar-refractivity contribution in [2.75, 3.05) is 0 Å². The summed E-state index contributed by atoms with van der Waals surface area (Å²) in [6.45, 7) is 0. The van der Waals surface area contributed by atoms with Crippen molar-refractivity contribution in [3.63, 3.8) is 0 Å². The number of benzene rings is 2. The minimum atomic E-state index is -1.21. The molecule has 0 bridgehead atoms. The summed E-state index contributed by atoms with van der Waals surface area (Å²) < 4.78 is 18.8. The van der Waals surface area contributed by atoms with Gasteiger partial charge in [-0.15, -0.1) is 0 Å². The highest BCUT2D eigenvalue weighted by Crippen LogP contribution is 2.30. The van der Waals surface area contributed by atoms with Crippen LogP contribution in [0.1, 0.15) is 34.3 Å². The highest BCUT2D eigenvalue weighted by molar-refractivity contribution is 5.91. The predicted molar refractivity (Wildman–Crippen MR) is 76.5 cm³/mol. The zero-order valence-electron chi connectivity index (χ0n) is 11.4. The predicted octanol–water partition coefficient (Wildman–Crippen LogP) is 4.20. The summed E-state index contributed by atoms with van der Waals surface area (Å²) in [6, 6.07) is 9.31. The third-order valence-corrected chi connectivity index (χ3v) is 3.72. The van der Waals surface area contributed by atoms with Gasteiger partial charge in [0, 0.05) is 0 Å². The van der Waals surface area contributed by atoms with Gasteiger partial charge in [-0.1, -0.05) is 6.07 Å². The van der Waals surface area contributed by atoms with Crippen LogP contribution in [0.2, 0.25) is 0 Å². The van der Waals surface area contributed by atoms with Gasteiger partial charge in [0.1, 0.15) is 22.9 Å². The molecule has 0 fully saturated rings. The minimum absolute atomic E-state index is 0.152. The number of aromatic carboxylic acids is 1. The second-order valence-corrected chi connectivity index (χ2v) is 5.19. The fourth-order valence-corrected chi connectivity index (χ4v) is 2.66. The number of hydrogen-bond donors (Lipinski definition) is 1. The third-order valence-electron chi connectivity index (χ3n) is 3.72. The van der Waals surface area contributed by atoms with Gasteiger partial charge >= 0.3 is 5.97 Å². The van der Waals surface area contributed by atoms with Crippen molar-refractivity contribution in [1.82, 2.24) is 0 Å². The summed E-state index contributed by atoms with van der Waals surface area (Å²) in [5.41, 5.74) is 2.40. The number of rotatable bonds is 3. The van der Waals surface area contributed by atoms with Crippen LogP contribution in [-0.2, 0) is 12.8 Å². The average Bonchev–Trinajstić information content (AvgIpc) is 2.49. The summed E-state index contributed by atoms with van der Waals surface area (Å²) in [5.74, 6) is -1.06. The van der Waals surface area contributed by atoms with Crippen molar-refractivity contribution in [2.45, 2.75) is 25.7 Å². The summed E-state index contributed by atoms with van der Waals surface area (Å²) in [7, 11) is 0. The highest BCUT2D eigenvalue weighted by Gasteiger charge is 2.15. The Morgan fingerprint density at radius 2 is 1.81 bits per heavy atom. The molecule has 0 amide bonds. The van der Waals surface area contributed by atoms with Gasteiger partial charge in [-0.2, -0.15) is 0 Å². The molecule has 21 heavy (non-hydrogen) atoms. The lowest BCUT2D eigenvalue weighted by atomic mass is 9.92. The van der Waals surface area contributed by atoms with Crippen molar-refractivity contribution in [3.05, 3.63) is 58.9 Å². The fourth-order valence-electron chi connectivity index (χ4n) is 2.66. The summed E-state index contributed by atoms with van der Waals surface area (Å²) >= 11 is 0. The Bertz CT molecular complexity index is 694. The van der Waals surface area contributed by atoms with E-state index >= 15 is 0 Å². The number of halogens is 1. The molecule has 2 aromatic carbocycles. The van der Waals surface area contributed by atoms with Gasteiger partial charge in [-0.25, -0.2) is 9.18 Å².